The monoisotopic (exact) mass is 192 g/mol. The zero-order valence-electron chi connectivity index (χ0n) is 6.25. The number of aliphatic hydroxyl groups excluding tert-OH is 1. The lowest BCUT2D eigenvalue weighted by molar-refractivity contribution is 0.276. The summed E-state index contributed by atoms with van der Waals surface area (Å²) >= 11 is 0. The summed E-state index contributed by atoms with van der Waals surface area (Å²) in [5.41, 5.74) is 2.89. The molecule has 0 amide bonds. The summed E-state index contributed by atoms with van der Waals surface area (Å²) in [4.78, 5) is 0. The average molecular weight is 193 g/mol. The Balaban J connectivity index is 0.00000121. The molecule has 4 N–H and O–H groups in total. The van der Waals surface area contributed by atoms with E-state index >= 15 is 0 Å². The van der Waals surface area contributed by atoms with Crippen molar-refractivity contribution in [2.75, 3.05) is 5.43 Å². The van der Waals surface area contributed by atoms with Crippen LogP contribution in [-0.4, -0.2) is 5.11 Å². The van der Waals surface area contributed by atoms with Gasteiger partial charge in [0.2, 0.25) is 0 Å². The van der Waals surface area contributed by atoms with Gasteiger partial charge in [0.15, 0.2) is 0 Å². The van der Waals surface area contributed by atoms with E-state index in [1.807, 2.05) is 0 Å². The number of hydrazine groups is 1. The lowest BCUT2D eigenvalue weighted by Crippen LogP contribution is -2.10. The Morgan fingerprint density at radius 2 is 2.17 bits per heavy atom. The summed E-state index contributed by atoms with van der Waals surface area (Å²) < 4.78 is 12.8. The first kappa shape index (κ1) is 11.2. The molecule has 5 heteroatoms. The Morgan fingerprint density at radius 3 is 2.58 bits per heavy atom. The summed E-state index contributed by atoms with van der Waals surface area (Å²) in [5.74, 6) is 4.61. The molecule has 0 atom stereocenters. The smallest absolute Gasteiger partial charge is 0.130 e. The summed E-state index contributed by atoms with van der Waals surface area (Å²) in [5, 5.41) is 8.69. The Hall–Kier alpha value is -0.840. The SMILES string of the molecule is Cl.NNc1cccc(F)c1CO. The van der Waals surface area contributed by atoms with Crippen LogP contribution >= 0.6 is 12.4 Å². The number of hydrogen-bond acceptors (Lipinski definition) is 3. The molecule has 0 aliphatic carbocycles. The van der Waals surface area contributed by atoms with E-state index in [9.17, 15) is 4.39 Å². The van der Waals surface area contributed by atoms with E-state index in [0.29, 0.717) is 5.69 Å². The first-order valence-corrected chi connectivity index (χ1v) is 3.14. The molecule has 0 heterocycles. The minimum Gasteiger partial charge on any atom is -0.391 e. The normalized spacial score (nSPS) is 8.92. The first-order chi connectivity index (χ1) is 5.29. The van der Waals surface area contributed by atoms with E-state index < -0.39 is 5.82 Å². The highest BCUT2D eigenvalue weighted by atomic mass is 35.5. The van der Waals surface area contributed by atoms with E-state index in [-0.39, 0.29) is 24.6 Å². The Bertz CT molecular complexity index is 257. The van der Waals surface area contributed by atoms with Gasteiger partial charge in [-0.25, -0.2) is 4.39 Å². The van der Waals surface area contributed by atoms with Crippen molar-refractivity contribution < 1.29 is 9.50 Å². The molecule has 1 aromatic rings. The second-order valence-corrected chi connectivity index (χ2v) is 2.07. The highest BCUT2D eigenvalue weighted by molar-refractivity contribution is 5.85. The maximum absolute atomic E-state index is 12.8. The lowest BCUT2D eigenvalue weighted by Gasteiger charge is -2.05. The minimum absolute atomic E-state index is 0. The van der Waals surface area contributed by atoms with Crippen molar-refractivity contribution in [3.05, 3.63) is 29.6 Å². The molecule has 1 rings (SSSR count). The van der Waals surface area contributed by atoms with Crippen molar-refractivity contribution in [2.24, 2.45) is 5.84 Å². The van der Waals surface area contributed by atoms with Crippen molar-refractivity contribution >= 4 is 18.1 Å². The van der Waals surface area contributed by atoms with Crippen LogP contribution in [0.1, 0.15) is 5.56 Å². The number of nitrogen functional groups attached to an aromatic ring is 1. The van der Waals surface area contributed by atoms with Crippen LogP contribution in [0, 0.1) is 5.82 Å². The fraction of sp³-hybridized carbons (Fsp3) is 0.143. The molecule has 0 spiro atoms. The standard InChI is InChI=1S/C7H9FN2O.ClH/c8-6-2-1-3-7(10-9)5(6)4-11;/h1-3,10-11H,4,9H2;1H. The Morgan fingerprint density at radius 1 is 1.50 bits per heavy atom. The van der Waals surface area contributed by atoms with Crippen LogP contribution in [0.4, 0.5) is 10.1 Å². The number of anilines is 1. The third-order valence-corrected chi connectivity index (χ3v) is 1.43. The number of aliphatic hydroxyl groups is 1. The maximum atomic E-state index is 12.8. The summed E-state index contributed by atoms with van der Waals surface area (Å²) in [7, 11) is 0. The molecule has 0 unspecified atom stereocenters. The van der Waals surface area contributed by atoms with Crippen LogP contribution < -0.4 is 11.3 Å². The quantitative estimate of drug-likeness (QED) is 0.485. The molecule has 0 bridgehead atoms. The predicted octanol–water partition coefficient (Wildman–Crippen LogP) is 1.03. The summed E-state index contributed by atoms with van der Waals surface area (Å²) in [6.45, 7) is -0.355. The molecule has 68 valence electrons. The third-order valence-electron chi connectivity index (χ3n) is 1.43. The van der Waals surface area contributed by atoms with Crippen molar-refractivity contribution in [1.82, 2.24) is 0 Å². The predicted molar refractivity (Wildman–Crippen MR) is 47.4 cm³/mol. The fourth-order valence-electron chi connectivity index (χ4n) is 0.855. The molecule has 0 fully saturated rings. The van der Waals surface area contributed by atoms with Gasteiger partial charge in [-0.05, 0) is 12.1 Å². The van der Waals surface area contributed by atoms with Crippen molar-refractivity contribution in [1.29, 1.82) is 0 Å². The molecule has 0 aromatic heterocycles. The molecule has 0 saturated heterocycles. The van der Waals surface area contributed by atoms with Crippen LogP contribution in [0.25, 0.3) is 0 Å². The molecular weight excluding hydrogens is 183 g/mol. The van der Waals surface area contributed by atoms with Crippen LogP contribution in [-0.2, 0) is 6.61 Å². The van der Waals surface area contributed by atoms with Crippen LogP contribution in [0.3, 0.4) is 0 Å². The van der Waals surface area contributed by atoms with Gasteiger partial charge >= 0.3 is 0 Å². The zero-order valence-corrected chi connectivity index (χ0v) is 7.07. The highest BCUT2D eigenvalue weighted by Gasteiger charge is 2.04. The van der Waals surface area contributed by atoms with Crippen molar-refractivity contribution in [2.45, 2.75) is 6.61 Å². The number of halogens is 2. The Kier molecular flexibility index (Phi) is 4.58. The zero-order chi connectivity index (χ0) is 8.27. The van der Waals surface area contributed by atoms with E-state index in [1.54, 1.807) is 6.07 Å². The molecule has 0 radical (unpaired) electrons. The number of nitrogens with one attached hydrogen (secondary N) is 1. The van der Waals surface area contributed by atoms with Crippen LogP contribution in [0.5, 0.6) is 0 Å². The van der Waals surface area contributed by atoms with Gasteiger partial charge in [-0.15, -0.1) is 12.4 Å². The topological polar surface area (TPSA) is 58.3 Å². The minimum atomic E-state index is -0.456. The van der Waals surface area contributed by atoms with Gasteiger partial charge in [-0.3, -0.25) is 5.84 Å². The van der Waals surface area contributed by atoms with Crippen LogP contribution in [0.15, 0.2) is 18.2 Å². The fourth-order valence-corrected chi connectivity index (χ4v) is 0.855. The highest BCUT2D eigenvalue weighted by Crippen LogP contribution is 2.16. The molecule has 1 aromatic carbocycles. The lowest BCUT2D eigenvalue weighted by atomic mass is 10.2. The average Bonchev–Trinajstić information content (AvgIpc) is 2.04. The number of hydrogen-bond donors (Lipinski definition) is 3. The molecule has 3 nitrogen and oxygen atoms in total. The molecular formula is C7H10ClFN2O. The van der Waals surface area contributed by atoms with E-state index in [4.69, 9.17) is 10.9 Å². The second-order valence-electron chi connectivity index (χ2n) is 2.07. The van der Waals surface area contributed by atoms with Crippen molar-refractivity contribution in [3.63, 3.8) is 0 Å². The van der Waals surface area contributed by atoms with E-state index in [2.05, 4.69) is 5.43 Å². The molecule has 0 aliphatic heterocycles. The molecule has 0 saturated carbocycles. The number of nitrogens with two attached hydrogens (primary N) is 1. The van der Waals surface area contributed by atoms with Gasteiger partial charge in [0, 0.05) is 5.56 Å². The largest absolute Gasteiger partial charge is 0.391 e. The van der Waals surface area contributed by atoms with E-state index in [1.165, 1.54) is 12.1 Å². The van der Waals surface area contributed by atoms with Gasteiger partial charge in [0.25, 0.3) is 0 Å². The third kappa shape index (κ3) is 2.07. The van der Waals surface area contributed by atoms with Gasteiger partial charge < -0.3 is 10.5 Å². The Labute approximate surface area is 75.8 Å². The van der Waals surface area contributed by atoms with Gasteiger partial charge in [0.1, 0.15) is 5.82 Å². The summed E-state index contributed by atoms with van der Waals surface area (Å²) in [6.07, 6.45) is 0. The van der Waals surface area contributed by atoms with Gasteiger partial charge in [-0.1, -0.05) is 6.07 Å². The molecule has 12 heavy (non-hydrogen) atoms. The number of benzene rings is 1. The van der Waals surface area contributed by atoms with Gasteiger partial charge in [-0.2, -0.15) is 0 Å². The molecule has 0 aliphatic rings. The van der Waals surface area contributed by atoms with Crippen LogP contribution in [0.2, 0.25) is 0 Å². The maximum Gasteiger partial charge on any atom is 0.130 e. The summed E-state index contributed by atoms with van der Waals surface area (Å²) in [6, 6.07) is 4.38. The second kappa shape index (κ2) is 4.92. The number of rotatable bonds is 2. The van der Waals surface area contributed by atoms with E-state index in [0.717, 1.165) is 0 Å². The van der Waals surface area contributed by atoms with Crippen molar-refractivity contribution in [3.8, 4) is 0 Å². The van der Waals surface area contributed by atoms with Gasteiger partial charge in [0.05, 0.1) is 12.3 Å². The first-order valence-electron chi connectivity index (χ1n) is 3.14.